The molecular weight excluding hydrogens is 276 g/mol. The Kier molecular flexibility index (Phi) is 3.48. The minimum Gasteiger partial charge on any atom is -0.317 e. The van der Waals surface area contributed by atoms with E-state index in [0.717, 1.165) is 48.1 Å². The minimum absolute atomic E-state index is 0.0524. The fourth-order valence-electron chi connectivity index (χ4n) is 3.00. The summed E-state index contributed by atoms with van der Waals surface area (Å²) in [6, 6.07) is 1.91. The summed E-state index contributed by atoms with van der Waals surface area (Å²) in [5.41, 5.74) is 2.39. The number of nitrogens with one attached hydrogen (secondary N) is 1. The van der Waals surface area contributed by atoms with Crippen molar-refractivity contribution in [1.29, 1.82) is 0 Å². The number of halogens is 1. The first-order valence-corrected chi connectivity index (χ1v) is 7.20. The van der Waals surface area contributed by atoms with E-state index >= 15 is 0 Å². The summed E-state index contributed by atoms with van der Waals surface area (Å²) in [5.74, 6) is 0.295. The summed E-state index contributed by atoms with van der Waals surface area (Å²) in [4.78, 5) is 12.6. The van der Waals surface area contributed by atoms with Crippen LogP contribution in [0.25, 0.3) is 10.9 Å². The third-order valence-electron chi connectivity index (χ3n) is 4.07. The van der Waals surface area contributed by atoms with Gasteiger partial charge in [-0.3, -0.25) is 4.79 Å². The van der Waals surface area contributed by atoms with Gasteiger partial charge in [-0.1, -0.05) is 11.6 Å². The second kappa shape index (κ2) is 5.14. The van der Waals surface area contributed by atoms with E-state index < -0.39 is 0 Å². The van der Waals surface area contributed by atoms with E-state index in [0.29, 0.717) is 11.1 Å². The Hall–Kier alpha value is -1.46. The first-order chi connectivity index (χ1) is 9.59. The van der Waals surface area contributed by atoms with Crippen LogP contribution in [0.15, 0.2) is 10.9 Å². The van der Waals surface area contributed by atoms with Crippen LogP contribution in [0, 0.1) is 6.92 Å². The van der Waals surface area contributed by atoms with Gasteiger partial charge in [0.05, 0.1) is 11.2 Å². The smallest absolute Gasteiger partial charge is 0.254 e. The second-order valence-corrected chi connectivity index (χ2v) is 5.68. The Morgan fingerprint density at radius 1 is 1.35 bits per heavy atom. The average Bonchev–Trinajstić information content (AvgIpc) is 2.47. The zero-order valence-electron chi connectivity index (χ0n) is 11.6. The molecule has 20 heavy (non-hydrogen) atoms. The van der Waals surface area contributed by atoms with Crippen molar-refractivity contribution in [3.63, 3.8) is 0 Å². The molecule has 0 spiro atoms. The zero-order chi connectivity index (χ0) is 14.3. The van der Waals surface area contributed by atoms with Crippen molar-refractivity contribution < 1.29 is 0 Å². The van der Waals surface area contributed by atoms with E-state index in [1.165, 1.54) is 0 Å². The van der Waals surface area contributed by atoms with Gasteiger partial charge in [0.1, 0.15) is 0 Å². The van der Waals surface area contributed by atoms with Gasteiger partial charge in [-0.15, -0.1) is 5.10 Å². The van der Waals surface area contributed by atoms with Crippen LogP contribution in [-0.2, 0) is 7.05 Å². The average molecular weight is 293 g/mol. The Bertz CT molecular complexity index is 719. The van der Waals surface area contributed by atoms with Crippen LogP contribution in [-0.4, -0.2) is 27.9 Å². The monoisotopic (exact) mass is 292 g/mol. The van der Waals surface area contributed by atoms with E-state index in [9.17, 15) is 4.79 Å². The maximum Gasteiger partial charge on any atom is 0.254 e. The zero-order valence-corrected chi connectivity index (χ0v) is 12.4. The van der Waals surface area contributed by atoms with Crippen LogP contribution < -0.4 is 10.9 Å². The molecule has 1 aliphatic rings. The normalized spacial score (nSPS) is 16.8. The lowest BCUT2D eigenvalue weighted by Gasteiger charge is -2.23. The molecule has 0 radical (unpaired) electrons. The van der Waals surface area contributed by atoms with Crippen molar-refractivity contribution in [2.45, 2.75) is 25.7 Å². The van der Waals surface area contributed by atoms with Crippen molar-refractivity contribution in [1.82, 2.24) is 20.1 Å². The van der Waals surface area contributed by atoms with E-state index in [4.69, 9.17) is 11.6 Å². The van der Waals surface area contributed by atoms with Gasteiger partial charge in [0.15, 0.2) is 5.15 Å². The number of hydrogen-bond acceptors (Lipinski definition) is 4. The van der Waals surface area contributed by atoms with Gasteiger partial charge in [-0.05, 0) is 44.8 Å². The maximum absolute atomic E-state index is 12.6. The lowest BCUT2D eigenvalue weighted by Crippen LogP contribution is -2.31. The van der Waals surface area contributed by atoms with Gasteiger partial charge in [0.25, 0.3) is 5.56 Å². The molecule has 1 N–H and O–H groups in total. The predicted octanol–water partition coefficient (Wildman–Crippen LogP) is 1.76. The van der Waals surface area contributed by atoms with Gasteiger partial charge in [-0.2, -0.15) is 5.10 Å². The molecule has 3 heterocycles. The molecule has 0 aliphatic carbocycles. The number of rotatable bonds is 1. The summed E-state index contributed by atoms with van der Waals surface area (Å²) < 4.78 is 1.66. The summed E-state index contributed by atoms with van der Waals surface area (Å²) >= 11 is 6.16. The van der Waals surface area contributed by atoms with Crippen LogP contribution in [0.3, 0.4) is 0 Å². The molecule has 0 saturated carbocycles. The van der Waals surface area contributed by atoms with Crippen LogP contribution in [0.2, 0.25) is 5.15 Å². The molecule has 1 saturated heterocycles. The largest absolute Gasteiger partial charge is 0.317 e. The lowest BCUT2D eigenvalue weighted by atomic mass is 9.90. The Morgan fingerprint density at radius 3 is 2.75 bits per heavy atom. The van der Waals surface area contributed by atoms with Gasteiger partial charge >= 0.3 is 0 Å². The number of aromatic nitrogens is 3. The van der Waals surface area contributed by atoms with E-state index in [2.05, 4.69) is 15.5 Å². The summed E-state index contributed by atoms with van der Waals surface area (Å²) in [5, 5.41) is 12.4. The lowest BCUT2D eigenvalue weighted by molar-refractivity contribution is 0.456. The van der Waals surface area contributed by atoms with Crippen LogP contribution in [0.4, 0.5) is 0 Å². The molecule has 106 valence electrons. The first kappa shape index (κ1) is 13.5. The molecule has 3 rings (SSSR count). The van der Waals surface area contributed by atoms with Gasteiger partial charge in [0, 0.05) is 18.0 Å². The summed E-state index contributed by atoms with van der Waals surface area (Å²) in [7, 11) is 1.78. The Morgan fingerprint density at radius 2 is 2.05 bits per heavy atom. The second-order valence-electron chi connectivity index (χ2n) is 5.33. The fourth-order valence-corrected chi connectivity index (χ4v) is 3.18. The molecule has 0 amide bonds. The molecule has 0 bridgehead atoms. The van der Waals surface area contributed by atoms with Gasteiger partial charge < -0.3 is 9.88 Å². The molecule has 1 fully saturated rings. The van der Waals surface area contributed by atoms with Crippen molar-refractivity contribution in [3.05, 3.63) is 32.8 Å². The number of nitrogens with zero attached hydrogens (tertiary/aromatic N) is 3. The third kappa shape index (κ3) is 2.11. The van der Waals surface area contributed by atoms with Crippen LogP contribution in [0.5, 0.6) is 0 Å². The fraction of sp³-hybridized carbons (Fsp3) is 0.500. The molecule has 2 aromatic heterocycles. The predicted molar refractivity (Wildman–Crippen MR) is 79.4 cm³/mol. The molecule has 1 aliphatic heterocycles. The SMILES string of the molecule is Cc1nnc(Cl)c2cc(C3CCNCC3)c(=O)n(C)c12. The molecular formula is C14H17ClN4O. The molecule has 5 nitrogen and oxygen atoms in total. The van der Waals surface area contributed by atoms with Gasteiger partial charge in [0.2, 0.25) is 0 Å². The van der Waals surface area contributed by atoms with Gasteiger partial charge in [-0.25, -0.2) is 0 Å². The Labute approximate surface area is 122 Å². The first-order valence-electron chi connectivity index (χ1n) is 6.82. The van der Waals surface area contributed by atoms with Crippen LogP contribution in [0.1, 0.15) is 30.0 Å². The highest BCUT2D eigenvalue weighted by atomic mass is 35.5. The minimum atomic E-state index is 0.0524. The van der Waals surface area contributed by atoms with E-state index in [-0.39, 0.29) is 5.56 Å². The molecule has 0 aromatic carbocycles. The van der Waals surface area contributed by atoms with E-state index in [1.807, 2.05) is 13.0 Å². The van der Waals surface area contributed by atoms with Crippen molar-refractivity contribution in [3.8, 4) is 0 Å². The molecule has 2 aromatic rings. The number of hydrogen-bond donors (Lipinski definition) is 1. The topological polar surface area (TPSA) is 59.8 Å². The molecule has 0 unspecified atom stereocenters. The van der Waals surface area contributed by atoms with Crippen LogP contribution >= 0.6 is 11.6 Å². The van der Waals surface area contributed by atoms with E-state index in [1.54, 1.807) is 11.6 Å². The summed E-state index contributed by atoms with van der Waals surface area (Å²) in [6.07, 6.45) is 1.96. The quantitative estimate of drug-likeness (QED) is 0.870. The number of piperidine rings is 1. The maximum atomic E-state index is 12.6. The molecule has 6 heteroatoms. The standard InChI is InChI=1S/C14H17ClN4O/c1-8-12-11(13(15)18-17-8)7-10(14(20)19(12)2)9-3-5-16-6-4-9/h7,9,16H,3-6H2,1-2H3. The highest BCUT2D eigenvalue weighted by molar-refractivity contribution is 6.34. The van der Waals surface area contributed by atoms with Crippen molar-refractivity contribution >= 4 is 22.5 Å². The third-order valence-corrected chi connectivity index (χ3v) is 4.35. The van der Waals surface area contributed by atoms with Crippen molar-refractivity contribution in [2.75, 3.05) is 13.1 Å². The highest BCUT2D eigenvalue weighted by Gasteiger charge is 2.21. The number of aryl methyl sites for hydroxylation is 2. The van der Waals surface area contributed by atoms with Crippen molar-refractivity contribution in [2.24, 2.45) is 7.05 Å². The number of fused-ring (bicyclic) bond motifs is 1. The number of pyridine rings is 1. The Balaban J connectivity index is 2.27. The highest BCUT2D eigenvalue weighted by Crippen LogP contribution is 2.28. The molecule has 0 atom stereocenters. The summed E-state index contributed by atoms with van der Waals surface area (Å²) in [6.45, 7) is 3.75.